The number of benzene rings is 1. The molecule has 0 aliphatic heterocycles. The number of nitrogens with one attached hydrogen (secondary N) is 2. The number of hydrogen-bond donors (Lipinski definition) is 2. The van der Waals surface area contributed by atoms with Crippen molar-refractivity contribution in [2.75, 3.05) is 33.9 Å². The summed E-state index contributed by atoms with van der Waals surface area (Å²) in [6.07, 6.45) is 3.40. The molecule has 1 atom stereocenters. The fourth-order valence-electron chi connectivity index (χ4n) is 2.53. The van der Waals surface area contributed by atoms with Crippen molar-refractivity contribution in [3.63, 3.8) is 0 Å². The minimum Gasteiger partial charge on any atom is -0.497 e. The predicted molar refractivity (Wildman–Crippen MR) is 107 cm³/mol. The average Bonchev–Trinajstić information content (AvgIpc) is 2.71. The molecule has 27 heavy (non-hydrogen) atoms. The van der Waals surface area contributed by atoms with Crippen LogP contribution in [0.15, 0.2) is 47.7 Å². The maximum Gasteiger partial charge on any atom is 0.191 e. The van der Waals surface area contributed by atoms with Crippen molar-refractivity contribution in [3.05, 3.63) is 48.3 Å². The van der Waals surface area contributed by atoms with E-state index in [9.17, 15) is 0 Å². The Kier molecular flexibility index (Phi) is 8.22. The van der Waals surface area contributed by atoms with E-state index in [0.717, 1.165) is 29.4 Å². The molecule has 146 valence electrons. The molecule has 1 aromatic carbocycles. The van der Waals surface area contributed by atoms with Crippen LogP contribution in [0.4, 0.5) is 0 Å². The highest BCUT2D eigenvalue weighted by Crippen LogP contribution is 2.29. The zero-order chi connectivity index (χ0) is 19.5. The van der Waals surface area contributed by atoms with Gasteiger partial charge in [-0.2, -0.15) is 0 Å². The van der Waals surface area contributed by atoms with Gasteiger partial charge in [-0.15, -0.1) is 0 Å². The second kappa shape index (κ2) is 10.9. The number of aromatic nitrogens is 1. The van der Waals surface area contributed by atoms with Gasteiger partial charge in [0, 0.05) is 18.3 Å². The van der Waals surface area contributed by atoms with Crippen LogP contribution < -0.4 is 24.8 Å². The van der Waals surface area contributed by atoms with Gasteiger partial charge in [-0.1, -0.05) is 0 Å². The van der Waals surface area contributed by atoms with Gasteiger partial charge in [-0.3, -0.25) is 4.98 Å². The van der Waals surface area contributed by atoms with Crippen LogP contribution in [-0.2, 0) is 0 Å². The lowest BCUT2D eigenvalue weighted by Gasteiger charge is -2.20. The van der Waals surface area contributed by atoms with E-state index in [1.165, 1.54) is 0 Å². The molecule has 1 unspecified atom stereocenters. The second-order valence-corrected chi connectivity index (χ2v) is 5.77. The van der Waals surface area contributed by atoms with Gasteiger partial charge in [-0.25, -0.2) is 4.99 Å². The van der Waals surface area contributed by atoms with Crippen molar-refractivity contribution in [1.82, 2.24) is 15.6 Å². The van der Waals surface area contributed by atoms with Crippen LogP contribution in [0.5, 0.6) is 17.2 Å². The molecule has 1 heterocycles. The summed E-state index contributed by atoms with van der Waals surface area (Å²) in [7, 11) is 3.31. The summed E-state index contributed by atoms with van der Waals surface area (Å²) < 4.78 is 16.4. The van der Waals surface area contributed by atoms with Crippen LogP contribution in [0.3, 0.4) is 0 Å². The monoisotopic (exact) mass is 372 g/mol. The Morgan fingerprint density at radius 3 is 2.70 bits per heavy atom. The van der Waals surface area contributed by atoms with Gasteiger partial charge < -0.3 is 24.8 Å². The first kappa shape index (κ1) is 20.4. The molecule has 2 aromatic rings. The third-order valence-electron chi connectivity index (χ3n) is 3.87. The molecular weight excluding hydrogens is 344 g/mol. The van der Waals surface area contributed by atoms with Gasteiger partial charge in [0.25, 0.3) is 0 Å². The highest BCUT2D eigenvalue weighted by molar-refractivity contribution is 5.80. The van der Waals surface area contributed by atoms with Gasteiger partial charge in [0.05, 0.1) is 33.0 Å². The second-order valence-electron chi connectivity index (χ2n) is 5.77. The third-order valence-corrected chi connectivity index (χ3v) is 3.87. The van der Waals surface area contributed by atoms with Crippen molar-refractivity contribution in [2.45, 2.75) is 19.9 Å². The van der Waals surface area contributed by atoms with Crippen LogP contribution in [0, 0.1) is 0 Å². The number of nitrogens with zero attached hydrogens (tertiary/aromatic N) is 2. The van der Waals surface area contributed by atoms with Crippen molar-refractivity contribution in [2.24, 2.45) is 4.99 Å². The highest BCUT2D eigenvalue weighted by atomic mass is 16.5. The molecule has 0 saturated heterocycles. The first-order chi connectivity index (χ1) is 13.2. The van der Waals surface area contributed by atoms with Gasteiger partial charge in [0.15, 0.2) is 5.96 Å². The van der Waals surface area contributed by atoms with Gasteiger partial charge in [0.1, 0.15) is 23.9 Å². The number of hydrogen-bond acceptors (Lipinski definition) is 5. The summed E-state index contributed by atoms with van der Waals surface area (Å²) in [5.74, 6) is 3.03. The van der Waals surface area contributed by atoms with Crippen LogP contribution in [0.25, 0.3) is 0 Å². The Bertz CT molecular complexity index is 722. The Balaban J connectivity index is 1.99. The quantitative estimate of drug-likeness (QED) is 0.400. The number of guanidine groups is 1. The normalized spacial score (nSPS) is 12.2. The summed E-state index contributed by atoms with van der Waals surface area (Å²) in [4.78, 5) is 8.59. The Morgan fingerprint density at radius 1 is 1.19 bits per heavy atom. The van der Waals surface area contributed by atoms with E-state index in [4.69, 9.17) is 14.2 Å². The van der Waals surface area contributed by atoms with E-state index in [1.807, 2.05) is 37.3 Å². The van der Waals surface area contributed by atoms with E-state index < -0.39 is 0 Å². The van der Waals surface area contributed by atoms with Crippen LogP contribution in [0.1, 0.15) is 25.5 Å². The van der Waals surface area contributed by atoms with Crippen molar-refractivity contribution in [3.8, 4) is 17.2 Å². The lowest BCUT2D eigenvalue weighted by Crippen LogP contribution is -2.39. The average molecular weight is 372 g/mol. The minimum atomic E-state index is -0.0212. The number of pyridine rings is 1. The molecule has 7 nitrogen and oxygen atoms in total. The predicted octanol–water partition coefficient (Wildman–Crippen LogP) is 2.79. The van der Waals surface area contributed by atoms with Gasteiger partial charge >= 0.3 is 0 Å². The molecular formula is C20H28N4O3. The summed E-state index contributed by atoms with van der Waals surface area (Å²) in [5, 5.41) is 6.64. The maximum absolute atomic E-state index is 5.63. The molecule has 0 aliphatic carbocycles. The van der Waals surface area contributed by atoms with E-state index in [-0.39, 0.29) is 6.04 Å². The zero-order valence-electron chi connectivity index (χ0n) is 16.4. The summed E-state index contributed by atoms with van der Waals surface area (Å²) in [6.45, 7) is 5.83. The molecule has 2 rings (SSSR count). The fourth-order valence-corrected chi connectivity index (χ4v) is 2.53. The maximum atomic E-state index is 5.63. The fraction of sp³-hybridized carbons (Fsp3) is 0.400. The number of ether oxygens (including phenoxy) is 3. The van der Waals surface area contributed by atoms with Gasteiger partial charge in [0.2, 0.25) is 0 Å². The number of rotatable bonds is 9. The molecule has 1 aromatic heterocycles. The highest BCUT2D eigenvalue weighted by Gasteiger charge is 2.14. The lowest BCUT2D eigenvalue weighted by atomic mass is 10.1. The van der Waals surface area contributed by atoms with E-state index in [2.05, 4.69) is 27.5 Å². The minimum absolute atomic E-state index is 0.0212. The van der Waals surface area contributed by atoms with Crippen molar-refractivity contribution >= 4 is 5.96 Å². The van der Waals surface area contributed by atoms with Crippen molar-refractivity contribution in [1.29, 1.82) is 0 Å². The first-order valence-corrected chi connectivity index (χ1v) is 8.97. The van der Waals surface area contributed by atoms with E-state index in [0.29, 0.717) is 19.1 Å². The topological polar surface area (TPSA) is 77.0 Å². The first-order valence-electron chi connectivity index (χ1n) is 8.97. The Hall–Kier alpha value is -2.96. The molecule has 0 bridgehead atoms. The zero-order valence-corrected chi connectivity index (χ0v) is 16.4. The standard InChI is InChI=1S/C20H28N4O3/c1-5-22-20(23-11-12-27-17-7-6-10-21-14-17)24-15(2)18-13-16(25-3)8-9-19(18)26-4/h6-10,13-15H,5,11-12H2,1-4H3,(H2,22,23,24). The Labute approximate surface area is 160 Å². The number of methoxy groups -OCH3 is 2. The molecule has 0 amide bonds. The molecule has 0 radical (unpaired) electrons. The molecule has 2 N–H and O–H groups in total. The smallest absolute Gasteiger partial charge is 0.191 e. The van der Waals surface area contributed by atoms with Crippen molar-refractivity contribution < 1.29 is 14.2 Å². The largest absolute Gasteiger partial charge is 0.497 e. The van der Waals surface area contributed by atoms with Crippen LogP contribution >= 0.6 is 0 Å². The van der Waals surface area contributed by atoms with E-state index in [1.54, 1.807) is 26.6 Å². The molecule has 0 aliphatic rings. The molecule has 0 fully saturated rings. The summed E-state index contributed by atoms with van der Waals surface area (Å²) in [6, 6.07) is 9.44. The van der Waals surface area contributed by atoms with Crippen LogP contribution in [-0.4, -0.2) is 44.9 Å². The summed E-state index contributed by atoms with van der Waals surface area (Å²) >= 11 is 0. The molecule has 7 heteroatoms. The summed E-state index contributed by atoms with van der Waals surface area (Å²) in [5.41, 5.74) is 0.995. The van der Waals surface area contributed by atoms with Crippen LogP contribution in [0.2, 0.25) is 0 Å². The third kappa shape index (κ3) is 6.36. The lowest BCUT2D eigenvalue weighted by molar-refractivity contribution is 0.327. The molecule has 0 saturated carbocycles. The SMILES string of the molecule is CCNC(=NCCOc1cccnc1)NC(C)c1cc(OC)ccc1OC. The Morgan fingerprint density at radius 2 is 2.04 bits per heavy atom. The number of aliphatic imine (C=N–C) groups is 1. The molecule has 0 spiro atoms. The van der Waals surface area contributed by atoms with E-state index >= 15 is 0 Å². The van der Waals surface area contributed by atoms with Gasteiger partial charge in [-0.05, 0) is 44.2 Å².